The minimum atomic E-state index is -5.16. The molecule has 7 nitrogen and oxygen atoms in total. The second-order valence-electron chi connectivity index (χ2n) is 12.9. The molecule has 2 heterocycles. The first-order valence-corrected chi connectivity index (χ1v) is 16.9. The number of halogens is 7. The molecule has 0 spiro atoms. The molecule has 3 aliphatic rings. The van der Waals surface area contributed by atoms with E-state index in [1.54, 1.807) is 6.07 Å². The van der Waals surface area contributed by atoms with Crippen molar-refractivity contribution in [2.75, 3.05) is 12.0 Å². The molecule has 2 saturated heterocycles. The highest BCUT2D eigenvalue weighted by Gasteiger charge is 2.58. The molecule has 2 aromatic carbocycles. The van der Waals surface area contributed by atoms with Crippen molar-refractivity contribution in [1.29, 1.82) is 0 Å². The van der Waals surface area contributed by atoms with Crippen molar-refractivity contribution < 1.29 is 55.5 Å². The number of amides is 2. The second kappa shape index (κ2) is 13.9. The van der Waals surface area contributed by atoms with Crippen LogP contribution in [0.4, 0.5) is 32.0 Å². The molecule has 49 heavy (non-hydrogen) atoms. The van der Waals surface area contributed by atoms with Crippen LogP contribution in [0.1, 0.15) is 63.1 Å². The molecule has 2 amide bonds. The van der Waals surface area contributed by atoms with E-state index in [0.29, 0.717) is 45.6 Å². The number of ether oxygens (including phenoxy) is 1. The summed E-state index contributed by atoms with van der Waals surface area (Å²) in [5.74, 6) is -4.37. The highest BCUT2D eigenvalue weighted by molar-refractivity contribution is 14.1. The van der Waals surface area contributed by atoms with E-state index in [2.05, 4.69) is 0 Å². The normalized spacial score (nSPS) is 23.4. The third kappa shape index (κ3) is 7.39. The number of hydrogen-bond donors (Lipinski definition) is 2. The fourth-order valence-corrected chi connectivity index (χ4v) is 7.93. The molecular weight excluding hydrogens is 770 g/mol. The highest BCUT2D eigenvalue weighted by Crippen LogP contribution is 2.53. The minimum absolute atomic E-state index is 0.0324. The number of hydrogen-bond acceptors (Lipinski definition) is 6. The Labute approximate surface area is 293 Å². The number of alkyl halides is 6. The van der Waals surface area contributed by atoms with Gasteiger partial charge in [-0.15, -0.1) is 0 Å². The van der Waals surface area contributed by atoms with Gasteiger partial charge in [-0.1, -0.05) is 38.0 Å². The lowest BCUT2D eigenvalue weighted by Gasteiger charge is -2.44. The number of phenolic OH excluding ortho intramolecular Hbond substituents is 1. The number of fused-ring (bicyclic) bond motifs is 3. The Morgan fingerprint density at radius 3 is 2.24 bits per heavy atom. The molecule has 2 N–H and O–H groups in total. The van der Waals surface area contributed by atoms with Crippen molar-refractivity contribution in [3.05, 3.63) is 67.3 Å². The summed E-state index contributed by atoms with van der Waals surface area (Å²) in [6, 6.07) is 4.26. The highest BCUT2D eigenvalue weighted by atomic mass is 127. The Morgan fingerprint density at radius 2 is 1.69 bits per heavy atom. The molecule has 0 radical (unpaired) electrons. The molecule has 0 saturated carbocycles. The molecule has 0 bridgehead atoms. The zero-order valence-electron chi connectivity index (χ0n) is 27.1. The van der Waals surface area contributed by atoms with Gasteiger partial charge < -0.3 is 19.5 Å². The van der Waals surface area contributed by atoms with Gasteiger partial charge in [-0.05, 0) is 108 Å². The Kier molecular flexibility index (Phi) is 10.6. The minimum Gasteiger partial charge on any atom is -0.504 e. The number of anilines is 1. The number of imide groups is 1. The summed E-state index contributed by atoms with van der Waals surface area (Å²) in [6.45, 7) is 5.79. The lowest BCUT2D eigenvalue weighted by atomic mass is 9.57. The number of benzene rings is 2. The first-order chi connectivity index (χ1) is 22.8. The maximum atomic E-state index is 14.0. The van der Waals surface area contributed by atoms with E-state index in [1.165, 1.54) is 7.11 Å². The van der Waals surface area contributed by atoms with Crippen molar-refractivity contribution >= 4 is 53.3 Å². The van der Waals surface area contributed by atoms with Crippen LogP contribution >= 0.6 is 22.6 Å². The average Bonchev–Trinajstić information content (AvgIpc) is 3.27. The quantitative estimate of drug-likeness (QED) is 0.0918. The van der Waals surface area contributed by atoms with Crippen LogP contribution in [0.3, 0.4) is 0 Å². The van der Waals surface area contributed by atoms with E-state index < -0.39 is 72.0 Å². The summed E-state index contributed by atoms with van der Waals surface area (Å²) in [7, 11) is 0.141. The molecule has 5 rings (SSSR count). The van der Waals surface area contributed by atoms with Crippen molar-refractivity contribution in [3.8, 4) is 11.5 Å². The van der Waals surface area contributed by atoms with Crippen LogP contribution in [-0.4, -0.2) is 42.3 Å². The first kappa shape index (κ1) is 37.2. The van der Waals surface area contributed by atoms with Crippen LogP contribution in [0, 0.1) is 27.2 Å². The summed E-state index contributed by atoms with van der Waals surface area (Å²) >= 11 is 2.01. The van der Waals surface area contributed by atoms with Gasteiger partial charge in [0.25, 0.3) is 0 Å². The molecule has 1 aliphatic carbocycles. The maximum Gasteiger partial charge on any atom is 0.455 e. The number of nitrogens with zero attached hydrogens (tertiary/aromatic N) is 1. The van der Waals surface area contributed by atoms with E-state index in [0.717, 1.165) is 22.3 Å². The van der Waals surface area contributed by atoms with Gasteiger partial charge in [0, 0.05) is 0 Å². The van der Waals surface area contributed by atoms with Crippen molar-refractivity contribution in [1.82, 2.24) is 0 Å². The van der Waals surface area contributed by atoms with Crippen LogP contribution in [0.25, 0.3) is 6.08 Å². The molecule has 2 aliphatic heterocycles. The monoisotopic (exact) mass is 805 g/mol. The van der Waals surface area contributed by atoms with Crippen molar-refractivity contribution in [3.63, 3.8) is 0 Å². The van der Waals surface area contributed by atoms with Gasteiger partial charge in [0.2, 0.25) is 11.8 Å². The molecule has 0 aromatic heterocycles. The van der Waals surface area contributed by atoms with Crippen LogP contribution in [-0.2, 0) is 26.6 Å². The van der Waals surface area contributed by atoms with Crippen LogP contribution in [0.15, 0.2) is 47.1 Å². The number of carbonyl (C=O) groups is 2. The van der Waals surface area contributed by atoms with E-state index in [-0.39, 0.29) is 30.5 Å². The number of aromatic hydroxyl groups is 1. The second-order valence-corrected chi connectivity index (χ2v) is 14.1. The molecule has 2 fully saturated rings. The first-order valence-electron chi connectivity index (χ1n) is 15.8. The molecule has 15 heteroatoms. The number of rotatable bonds is 8. The lowest BCUT2D eigenvalue weighted by molar-refractivity contribution is -0.143. The third-order valence-corrected chi connectivity index (χ3v) is 10.4. The van der Waals surface area contributed by atoms with Crippen molar-refractivity contribution in [2.45, 2.75) is 71.2 Å². The largest absolute Gasteiger partial charge is 0.504 e. The number of carbonyl (C=O) groups excluding carboxylic acids is 2. The van der Waals surface area contributed by atoms with Crippen LogP contribution in [0.2, 0.25) is 6.32 Å². The van der Waals surface area contributed by atoms with E-state index >= 15 is 0 Å². The van der Waals surface area contributed by atoms with Crippen LogP contribution < -0.4 is 9.64 Å². The number of phenols is 1. The summed E-state index contributed by atoms with van der Waals surface area (Å²) in [6.07, 6.45) is -7.40. The summed E-state index contributed by atoms with van der Waals surface area (Å²) in [5.41, 5.74) is -0.645. The smallest absolute Gasteiger partial charge is 0.455 e. The van der Waals surface area contributed by atoms with Gasteiger partial charge in [-0.2, -0.15) is 26.3 Å². The van der Waals surface area contributed by atoms with E-state index in [4.69, 9.17) is 9.39 Å². The summed E-state index contributed by atoms with van der Waals surface area (Å²) < 4.78 is 94.0. The zero-order chi connectivity index (χ0) is 36.2. The van der Waals surface area contributed by atoms with Gasteiger partial charge in [0.15, 0.2) is 11.5 Å². The Balaban J connectivity index is 1.49. The number of allylic oxidation sites excluding steroid dienone is 2. The maximum absolute atomic E-state index is 14.0. The molecule has 264 valence electrons. The predicted molar refractivity (Wildman–Crippen MR) is 178 cm³/mol. The fourth-order valence-electron chi connectivity index (χ4n) is 7.31. The van der Waals surface area contributed by atoms with Gasteiger partial charge >= 0.3 is 19.5 Å². The van der Waals surface area contributed by atoms with Gasteiger partial charge in [0.05, 0.1) is 45.4 Å². The Bertz CT molecular complexity index is 1670. The lowest BCUT2D eigenvalue weighted by Crippen LogP contribution is -2.46. The summed E-state index contributed by atoms with van der Waals surface area (Å²) in [5, 5.41) is 21.1. The fraction of sp³-hybridized carbons (Fsp3) is 0.471. The van der Waals surface area contributed by atoms with Gasteiger partial charge in [0.1, 0.15) is 0 Å². The third-order valence-electron chi connectivity index (χ3n) is 9.59. The standard InChI is InChI=1S/C34H35BF6INO6/c1-5-17(8-18-9-25(42)30(44)27(10-18)48-4)6-7-26-28-22(16(2)3)14-23-29(24(28)15-35(47)49-26)32(46)43(31(23)45)21-12-19(33(36,37)38)11-20(13-21)34(39,40)41/h8-13,16,23-24,26,29,44,47H,5-7,14-15H2,1-4H3/b17-8+/t23-,24+,26-,29-/m1/s1. The van der Waals surface area contributed by atoms with Gasteiger partial charge in [-0.25, -0.2) is 4.90 Å². The summed E-state index contributed by atoms with van der Waals surface area (Å²) in [4.78, 5) is 28.2. The molecule has 0 unspecified atom stereocenters. The zero-order valence-corrected chi connectivity index (χ0v) is 29.2. The Hall–Kier alpha value is -3.05. The molecule has 2 aromatic rings. The van der Waals surface area contributed by atoms with E-state index in [9.17, 15) is 46.1 Å². The van der Waals surface area contributed by atoms with Crippen molar-refractivity contribution in [2.24, 2.45) is 23.7 Å². The average molecular weight is 805 g/mol. The van der Waals surface area contributed by atoms with Gasteiger partial charge in [-0.3, -0.25) is 9.59 Å². The predicted octanol–water partition coefficient (Wildman–Crippen LogP) is 8.27. The molecule has 4 atom stereocenters. The van der Waals surface area contributed by atoms with Crippen LogP contribution in [0.5, 0.6) is 11.5 Å². The Morgan fingerprint density at radius 1 is 1.06 bits per heavy atom. The number of methoxy groups -OCH3 is 1. The molecular formula is C34H35BF6INO6. The SMILES string of the molecule is CC/C(=C\c1cc(I)c(O)c(OC)c1)CC[C@H]1OB(O)C[C@H]2C1=C(C(C)C)C[C@H]1C(=O)N(c3cc(C(F)(F)F)cc(C(F)(F)F)c3)C(=O)[C@H]12. The topological polar surface area (TPSA) is 96.3 Å². The van der Waals surface area contributed by atoms with E-state index in [1.807, 2.05) is 55.5 Å².